The van der Waals surface area contributed by atoms with Crippen LogP contribution in [-0.4, -0.2) is 0 Å². The highest BCUT2D eigenvalue weighted by Crippen LogP contribution is 2.64. The van der Waals surface area contributed by atoms with Crippen molar-refractivity contribution in [2.75, 3.05) is 0 Å². The van der Waals surface area contributed by atoms with E-state index < -0.39 is 0 Å². The van der Waals surface area contributed by atoms with Crippen LogP contribution in [0.5, 0.6) is 0 Å². The van der Waals surface area contributed by atoms with Crippen molar-refractivity contribution in [2.45, 2.75) is 235 Å². The van der Waals surface area contributed by atoms with Crippen LogP contribution in [0.3, 0.4) is 0 Å². The summed E-state index contributed by atoms with van der Waals surface area (Å²) in [6.45, 7) is 19.7. The summed E-state index contributed by atoms with van der Waals surface area (Å²) in [6, 6.07) is 0. The van der Waals surface area contributed by atoms with Crippen molar-refractivity contribution in [1.29, 1.82) is 0 Å². The lowest BCUT2D eigenvalue weighted by atomic mass is 9.45. The molecule has 0 spiro atoms. The molecule has 0 aromatic heterocycles. The summed E-state index contributed by atoms with van der Waals surface area (Å²) < 4.78 is 0. The van der Waals surface area contributed by atoms with E-state index in [2.05, 4.69) is 61.3 Å². The summed E-state index contributed by atoms with van der Waals surface area (Å²) in [4.78, 5) is 0. The van der Waals surface area contributed by atoms with Gasteiger partial charge in [0.25, 0.3) is 0 Å². The van der Waals surface area contributed by atoms with Gasteiger partial charge in [-0.2, -0.15) is 0 Å². The van der Waals surface area contributed by atoms with Crippen LogP contribution in [0.4, 0.5) is 0 Å². The first-order valence-corrected chi connectivity index (χ1v) is 19.3. The minimum absolute atomic E-state index is 0.464. The predicted molar refractivity (Wildman–Crippen MR) is 186 cm³/mol. The molecule has 0 N–H and O–H groups in total. The van der Waals surface area contributed by atoms with Gasteiger partial charge in [0.05, 0.1) is 0 Å². The number of unbranched alkanes of at least 4 members (excludes halogenated alkanes) is 14. The third-order valence-corrected chi connectivity index (χ3v) is 10.8. The molecule has 0 heteroatoms. The molecule has 0 nitrogen and oxygen atoms in total. The zero-order valence-electron chi connectivity index (χ0n) is 29.9. The van der Waals surface area contributed by atoms with Crippen LogP contribution in [-0.2, 0) is 0 Å². The van der Waals surface area contributed by atoms with E-state index in [9.17, 15) is 0 Å². The van der Waals surface area contributed by atoms with E-state index in [1.807, 2.05) is 0 Å². The Labute approximate surface area is 257 Å². The normalized spacial score (nSPS) is 13.4. The van der Waals surface area contributed by atoms with Crippen molar-refractivity contribution in [2.24, 2.45) is 16.7 Å². The molecule has 0 saturated heterocycles. The summed E-state index contributed by atoms with van der Waals surface area (Å²) >= 11 is 0. The lowest BCUT2D eigenvalue weighted by Crippen LogP contribution is -2.51. The first-order chi connectivity index (χ1) is 19.5. The molecule has 0 aromatic carbocycles. The maximum Gasteiger partial charge on any atom is -0.0174 e. The topological polar surface area (TPSA) is 0 Å². The molecule has 40 heavy (non-hydrogen) atoms. The van der Waals surface area contributed by atoms with Gasteiger partial charge in [0.15, 0.2) is 0 Å². The maximum atomic E-state index is 2.76. The SMILES string of the molecule is CCCCC[C](CCCCC)C(CCCCC)(CCCCC)C(CCCCC)(CCCCC)C(C)CCCCC. The van der Waals surface area contributed by atoms with Gasteiger partial charge < -0.3 is 0 Å². The molecular weight excluding hydrogens is 480 g/mol. The minimum atomic E-state index is 0.464. The highest BCUT2D eigenvalue weighted by atomic mass is 14.6. The highest BCUT2D eigenvalue weighted by Gasteiger charge is 2.55. The van der Waals surface area contributed by atoms with Crippen LogP contribution in [0.25, 0.3) is 0 Å². The van der Waals surface area contributed by atoms with Gasteiger partial charge in [-0.15, -0.1) is 0 Å². The molecular formula is C40H81. The van der Waals surface area contributed by atoms with Crippen LogP contribution < -0.4 is 0 Å². The second-order valence-corrected chi connectivity index (χ2v) is 14.0. The lowest BCUT2D eigenvalue weighted by Gasteiger charge is -2.59. The summed E-state index contributed by atoms with van der Waals surface area (Å²) in [5, 5.41) is 0. The third kappa shape index (κ3) is 14.5. The lowest BCUT2D eigenvalue weighted by molar-refractivity contribution is -0.0548. The zero-order chi connectivity index (χ0) is 30.0. The zero-order valence-corrected chi connectivity index (χ0v) is 29.9. The molecule has 0 fully saturated rings. The van der Waals surface area contributed by atoms with Gasteiger partial charge in [-0.25, -0.2) is 0 Å². The van der Waals surface area contributed by atoms with Gasteiger partial charge in [0.2, 0.25) is 0 Å². The molecule has 1 unspecified atom stereocenters. The van der Waals surface area contributed by atoms with E-state index in [-0.39, 0.29) is 0 Å². The van der Waals surface area contributed by atoms with Crippen LogP contribution in [0, 0.1) is 22.7 Å². The van der Waals surface area contributed by atoms with E-state index in [0.717, 1.165) is 5.92 Å². The molecule has 0 saturated carbocycles. The van der Waals surface area contributed by atoms with Gasteiger partial charge in [0.1, 0.15) is 0 Å². The molecule has 0 heterocycles. The number of rotatable bonds is 31. The van der Waals surface area contributed by atoms with Crippen molar-refractivity contribution < 1.29 is 0 Å². The Morgan fingerprint density at radius 2 is 0.725 bits per heavy atom. The molecule has 0 aliphatic heterocycles. The molecule has 1 radical (unpaired) electrons. The second kappa shape index (κ2) is 26.6. The van der Waals surface area contributed by atoms with Crippen molar-refractivity contribution in [1.82, 2.24) is 0 Å². The fraction of sp³-hybridized carbons (Fsp3) is 0.975. The van der Waals surface area contributed by atoms with E-state index in [4.69, 9.17) is 0 Å². The van der Waals surface area contributed by atoms with E-state index in [1.165, 1.54) is 180 Å². The van der Waals surface area contributed by atoms with Crippen molar-refractivity contribution in [3.63, 3.8) is 0 Å². The van der Waals surface area contributed by atoms with E-state index in [1.54, 1.807) is 0 Å². The monoisotopic (exact) mass is 562 g/mol. The van der Waals surface area contributed by atoms with Gasteiger partial charge in [-0.1, -0.05) is 197 Å². The highest BCUT2D eigenvalue weighted by molar-refractivity contribution is 5.16. The average molecular weight is 562 g/mol. The molecule has 0 aliphatic carbocycles. The van der Waals surface area contributed by atoms with E-state index >= 15 is 0 Å². The van der Waals surface area contributed by atoms with Crippen molar-refractivity contribution in [3.05, 3.63) is 5.92 Å². The molecule has 0 aromatic rings. The van der Waals surface area contributed by atoms with Gasteiger partial charge in [0, 0.05) is 0 Å². The number of hydrogen-bond acceptors (Lipinski definition) is 0. The van der Waals surface area contributed by atoms with Crippen molar-refractivity contribution in [3.8, 4) is 0 Å². The molecule has 0 aliphatic rings. The Morgan fingerprint density at radius 3 is 1.10 bits per heavy atom. The van der Waals surface area contributed by atoms with Crippen LogP contribution >= 0.6 is 0 Å². The van der Waals surface area contributed by atoms with Gasteiger partial charge in [-0.3, -0.25) is 0 Å². The quantitative estimate of drug-likeness (QED) is 0.0738. The number of hydrogen-bond donors (Lipinski definition) is 0. The largest absolute Gasteiger partial charge is 0.0654 e. The molecule has 1 atom stereocenters. The Bertz CT molecular complexity index is 474. The fourth-order valence-electron chi connectivity index (χ4n) is 8.39. The van der Waals surface area contributed by atoms with Crippen LogP contribution in [0.15, 0.2) is 0 Å². The maximum absolute atomic E-state index is 2.76. The first kappa shape index (κ1) is 40.0. The molecule has 0 amide bonds. The summed E-state index contributed by atoms with van der Waals surface area (Å²) in [6.07, 6.45) is 39.9. The van der Waals surface area contributed by atoms with Gasteiger partial charge >= 0.3 is 0 Å². The second-order valence-electron chi connectivity index (χ2n) is 14.0. The van der Waals surface area contributed by atoms with Crippen LogP contribution in [0.1, 0.15) is 235 Å². The standard InChI is InChI=1S/C40H81/c1-9-16-23-30-37(8)39(33-26-19-12-4,34-27-20-13-5)40(35-28-21-14-6,36-29-22-15-7)38(31-24-17-10-2)32-25-18-11-3/h37H,9-36H2,1-8H3. The Balaban J connectivity index is 7.12. The molecule has 241 valence electrons. The minimum Gasteiger partial charge on any atom is -0.0654 e. The Hall–Kier alpha value is 0. The summed E-state index contributed by atoms with van der Waals surface area (Å²) in [7, 11) is 0. The van der Waals surface area contributed by atoms with Crippen molar-refractivity contribution >= 4 is 0 Å². The fourth-order valence-corrected chi connectivity index (χ4v) is 8.39. The Morgan fingerprint density at radius 1 is 0.400 bits per heavy atom. The van der Waals surface area contributed by atoms with E-state index in [0.29, 0.717) is 10.8 Å². The average Bonchev–Trinajstić information content (AvgIpc) is 2.95. The first-order valence-electron chi connectivity index (χ1n) is 19.3. The summed E-state index contributed by atoms with van der Waals surface area (Å²) in [5.74, 6) is 2.93. The Kier molecular flexibility index (Phi) is 26.6. The predicted octanol–water partition coefficient (Wildman–Crippen LogP) is 15.2. The van der Waals surface area contributed by atoms with Gasteiger partial charge in [-0.05, 0) is 61.2 Å². The summed E-state index contributed by atoms with van der Waals surface area (Å²) in [5.41, 5.74) is 0.965. The van der Waals surface area contributed by atoms with Crippen LogP contribution in [0.2, 0.25) is 0 Å². The molecule has 0 bridgehead atoms. The molecule has 0 rings (SSSR count). The third-order valence-electron chi connectivity index (χ3n) is 10.8. The smallest absolute Gasteiger partial charge is 0.0174 e.